The van der Waals surface area contributed by atoms with Crippen molar-refractivity contribution in [2.45, 2.75) is 6.92 Å². The maximum absolute atomic E-state index is 5.64. The summed E-state index contributed by atoms with van der Waals surface area (Å²) in [5, 5.41) is 4.11. The zero-order valence-electron chi connectivity index (χ0n) is 10.4. The van der Waals surface area contributed by atoms with E-state index in [-0.39, 0.29) is 0 Å². The smallest absolute Gasteiger partial charge is 0.0968 e. The molecule has 1 nitrogen and oxygen atoms in total. The van der Waals surface area contributed by atoms with Gasteiger partial charge in [0, 0.05) is 0 Å². The first-order valence-electron chi connectivity index (χ1n) is 5.85. The van der Waals surface area contributed by atoms with Gasteiger partial charge < -0.3 is 0 Å². The molecule has 3 aromatic rings. The predicted molar refractivity (Wildman–Crippen MR) is 83.5 cm³/mol. The van der Waals surface area contributed by atoms with E-state index in [1.54, 1.807) is 22.7 Å². The molecule has 0 atom stereocenters. The SMILES string of the molecule is C#Cc1c(C)cc(-c2cccs2)nc1-c1cccs1. The Morgan fingerprint density at radius 2 is 1.79 bits per heavy atom. The second kappa shape index (κ2) is 5.00. The van der Waals surface area contributed by atoms with Crippen molar-refractivity contribution in [1.29, 1.82) is 0 Å². The fourth-order valence-electron chi connectivity index (χ4n) is 2.00. The summed E-state index contributed by atoms with van der Waals surface area (Å²) in [6.45, 7) is 2.05. The van der Waals surface area contributed by atoms with Crippen molar-refractivity contribution in [3.05, 3.63) is 52.2 Å². The minimum absolute atomic E-state index is 0.891. The van der Waals surface area contributed by atoms with Crippen molar-refractivity contribution in [2.75, 3.05) is 0 Å². The van der Waals surface area contributed by atoms with Gasteiger partial charge in [0.05, 0.1) is 26.7 Å². The topological polar surface area (TPSA) is 12.9 Å². The molecule has 0 aliphatic carbocycles. The molecule has 0 unspecified atom stereocenters. The molecule has 0 aromatic carbocycles. The fourth-order valence-corrected chi connectivity index (χ4v) is 3.40. The van der Waals surface area contributed by atoms with Crippen LogP contribution in [0.25, 0.3) is 21.1 Å². The van der Waals surface area contributed by atoms with Crippen LogP contribution in [0.2, 0.25) is 0 Å². The van der Waals surface area contributed by atoms with Crippen molar-refractivity contribution in [2.24, 2.45) is 0 Å². The lowest BCUT2D eigenvalue weighted by molar-refractivity contribution is 1.29. The Morgan fingerprint density at radius 3 is 2.37 bits per heavy atom. The zero-order valence-corrected chi connectivity index (χ0v) is 12.0. The summed E-state index contributed by atoms with van der Waals surface area (Å²) in [5.41, 5.74) is 3.91. The molecule has 0 bridgehead atoms. The van der Waals surface area contributed by atoms with Crippen LogP contribution in [-0.2, 0) is 0 Å². The summed E-state index contributed by atoms with van der Waals surface area (Å²) in [5.74, 6) is 2.77. The average Bonchev–Trinajstić information content (AvgIpc) is 3.11. The monoisotopic (exact) mass is 281 g/mol. The van der Waals surface area contributed by atoms with Gasteiger partial charge in [0.25, 0.3) is 0 Å². The molecule has 3 heterocycles. The number of terminal acetylenes is 1. The Balaban J connectivity index is 2.25. The quantitative estimate of drug-likeness (QED) is 0.613. The molecule has 0 saturated carbocycles. The van der Waals surface area contributed by atoms with Crippen molar-refractivity contribution in [3.8, 4) is 33.5 Å². The lowest BCUT2D eigenvalue weighted by Crippen LogP contribution is -1.94. The van der Waals surface area contributed by atoms with Gasteiger partial charge in [-0.05, 0) is 41.4 Å². The van der Waals surface area contributed by atoms with Crippen molar-refractivity contribution in [3.63, 3.8) is 0 Å². The van der Waals surface area contributed by atoms with Gasteiger partial charge >= 0.3 is 0 Å². The van der Waals surface area contributed by atoms with E-state index < -0.39 is 0 Å². The molecule has 0 aliphatic rings. The summed E-state index contributed by atoms with van der Waals surface area (Å²) in [7, 11) is 0. The molecule has 92 valence electrons. The van der Waals surface area contributed by atoms with Crippen molar-refractivity contribution >= 4 is 22.7 Å². The van der Waals surface area contributed by atoms with Crippen molar-refractivity contribution < 1.29 is 0 Å². The van der Waals surface area contributed by atoms with Gasteiger partial charge in [-0.3, -0.25) is 0 Å². The van der Waals surface area contributed by atoms with E-state index in [9.17, 15) is 0 Å². The standard InChI is InChI=1S/C16H11NS2/c1-3-12-11(2)10-13(14-6-4-8-18-14)17-16(12)15-7-5-9-19-15/h1,4-10H,2H3. The predicted octanol–water partition coefficient (Wildman–Crippen LogP) is 4.83. The highest BCUT2D eigenvalue weighted by Crippen LogP contribution is 2.32. The number of nitrogens with zero attached hydrogens (tertiary/aromatic N) is 1. The molecule has 0 spiro atoms. The number of hydrogen-bond acceptors (Lipinski definition) is 3. The first kappa shape index (κ1) is 12.2. The average molecular weight is 281 g/mol. The van der Waals surface area contributed by atoms with Gasteiger partial charge in [-0.15, -0.1) is 29.1 Å². The highest BCUT2D eigenvalue weighted by molar-refractivity contribution is 7.13. The van der Waals surface area contributed by atoms with Crippen LogP contribution in [0, 0.1) is 19.3 Å². The maximum Gasteiger partial charge on any atom is 0.0968 e. The van der Waals surface area contributed by atoms with E-state index in [2.05, 4.69) is 29.5 Å². The fraction of sp³-hybridized carbons (Fsp3) is 0.0625. The third-order valence-electron chi connectivity index (χ3n) is 2.89. The first-order chi connectivity index (χ1) is 9.29. The lowest BCUT2D eigenvalue weighted by atomic mass is 10.1. The van der Waals surface area contributed by atoms with Gasteiger partial charge in [-0.2, -0.15) is 0 Å². The van der Waals surface area contributed by atoms with E-state index in [1.807, 2.05) is 24.4 Å². The Morgan fingerprint density at radius 1 is 1.11 bits per heavy atom. The molecule has 0 fully saturated rings. The molecule has 0 amide bonds. The van der Waals surface area contributed by atoms with Crippen LogP contribution in [0.3, 0.4) is 0 Å². The second-order valence-electron chi connectivity index (χ2n) is 4.15. The maximum atomic E-state index is 5.64. The number of aryl methyl sites for hydroxylation is 1. The van der Waals surface area contributed by atoms with E-state index in [0.29, 0.717) is 0 Å². The first-order valence-corrected chi connectivity index (χ1v) is 7.61. The minimum atomic E-state index is 0.891. The van der Waals surface area contributed by atoms with Crippen LogP contribution in [0.15, 0.2) is 41.1 Å². The normalized spacial score (nSPS) is 10.3. The molecule has 3 heteroatoms. The van der Waals surface area contributed by atoms with Crippen LogP contribution in [-0.4, -0.2) is 4.98 Å². The van der Waals surface area contributed by atoms with Crippen LogP contribution in [0.5, 0.6) is 0 Å². The third-order valence-corrected chi connectivity index (χ3v) is 4.66. The van der Waals surface area contributed by atoms with Gasteiger partial charge in [0.2, 0.25) is 0 Å². The van der Waals surface area contributed by atoms with E-state index >= 15 is 0 Å². The largest absolute Gasteiger partial charge is 0.245 e. The van der Waals surface area contributed by atoms with Gasteiger partial charge in [0.15, 0.2) is 0 Å². The Kier molecular flexibility index (Phi) is 3.20. The number of hydrogen-bond donors (Lipinski definition) is 0. The summed E-state index contributed by atoms with van der Waals surface area (Å²) in [6, 6.07) is 10.3. The Labute approximate surface area is 120 Å². The Hall–Kier alpha value is -1.89. The zero-order chi connectivity index (χ0) is 13.2. The van der Waals surface area contributed by atoms with Gasteiger partial charge in [-0.1, -0.05) is 18.1 Å². The summed E-state index contributed by atoms with van der Waals surface area (Å²) in [4.78, 5) is 7.06. The van der Waals surface area contributed by atoms with Crippen molar-refractivity contribution in [1.82, 2.24) is 4.98 Å². The molecule has 0 radical (unpaired) electrons. The molecular weight excluding hydrogens is 270 g/mol. The van der Waals surface area contributed by atoms with Crippen LogP contribution < -0.4 is 0 Å². The minimum Gasteiger partial charge on any atom is -0.245 e. The highest BCUT2D eigenvalue weighted by Gasteiger charge is 2.12. The van der Waals surface area contributed by atoms with E-state index in [4.69, 9.17) is 11.4 Å². The summed E-state index contributed by atoms with van der Waals surface area (Å²) >= 11 is 3.36. The number of thiophene rings is 2. The lowest BCUT2D eigenvalue weighted by Gasteiger charge is -2.08. The van der Waals surface area contributed by atoms with Crippen LogP contribution in [0.1, 0.15) is 11.1 Å². The molecule has 19 heavy (non-hydrogen) atoms. The Bertz CT molecular complexity index is 732. The molecule has 0 N–H and O–H groups in total. The molecule has 3 rings (SSSR count). The molecular formula is C16H11NS2. The van der Waals surface area contributed by atoms with E-state index in [1.165, 1.54) is 4.88 Å². The number of rotatable bonds is 2. The molecule has 0 aliphatic heterocycles. The van der Waals surface area contributed by atoms with Gasteiger partial charge in [0.1, 0.15) is 0 Å². The summed E-state index contributed by atoms with van der Waals surface area (Å²) < 4.78 is 0. The number of pyridine rings is 1. The third kappa shape index (κ3) is 2.21. The number of aromatic nitrogens is 1. The van der Waals surface area contributed by atoms with Crippen LogP contribution in [0.4, 0.5) is 0 Å². The van der Waals surface area contributed by atoms with E-state index in [0.717, 1.165) is 27.4 Å². The molecule has 0 saturated heterocycles. The molecule has 3 aromatic heterocycles. The highest BCUT2D eigenvalue weighted by atomic mass is 32.1. The van der Waals surface area contributed by atoms with Gasteiger partial charge in [-0.25, -0.2) is 4.98 Å². The second-order valence-corrected chi connectivity index (χ2v) is 6.04. The van der Waals surface area contributed by atoms with Crippen LogP contribution >= 0.6 is 22.7 Å². The summed E-state index contributed by atoms with van der Waals surface area (Å²) in [6.07, 6.45) is 5.64.